The van der Waals surface area contributed by atoms with Gasteiger partial charge in [0.25, 0.3) is 0 Å². The minimum atomic E-state index is -0.455. The third kappa shape index (κ3) is 6.87. The zero-order valence-electron chi connectivity index (χ0n) is 13.1. The van der Waals surface area contributed by atoms with Crippen molar-refractivity contribution < 1.29 is 9.53 Å². The normalized spacial score (nSPS) is 12.0. The molecule has 0 saturated heterocycles. The molecule has 0 fully saturated rings. The summed E-state index contributed by atoms with van der Waals surface area (Å²) in [6.07, 6.45) is 3.04. The van der Waals surface area contributed by atoms with E-state index >= 15 is 0 Å². The number of ether oxygens (including phenoxy) is 1. The van der Waals surface area contributed by atoms with Crippen molar-refractivity contribution in [1.29, 1.82) is 0 Å². The van der Waals surface area contributed by atoms with Crippen LogP contribution in [0.4, 0.5) is 0 Å². The molecule has 118 valence electrons. The van der Waals surface area contributed by atoms with Gasteiger partial charge in [-0.2, -0.15) is 12.6 Å². The van der Waals surface area contributed by atoms with E-state index in [9.17, 15) is 4.79 Å². The molecule has 5 heteroatoms. The fraction of sp³-hybridized carbons (Fsp3) is 0.562. The third-order valence-corrected chi connectivity index (χ3v) is 3.49. The van der Waals surface area contributed by atoms with Gasteiger partial charge in [-0.1, -0.05) is 25.5 Å². The molecule has 0 spiro atoms. The topological polar surface area (TPSA) is 41.6 Å². The van der Waals surface area contributed by atoms with Crippen molar-refractivity contribution in [3.63, 3.8) is 0 Å². The van der Waals surface area contributed by atoms with Crippen LogP contribution in [0.1, 0.15) is 25.3 Å². The first-order valence-corrected chi connectivity index (χ1v) is 7.90. The molecule has 0 aromatic heterocycles. The van der Waals surface area contributed by atoms with E-state index in [0.29, 0.717) is 6.54 Å². The van der Waals surface area contributed by atoms with Crippen LogP contribution in [0.2, 0.25) is 0 Å². The molecule has 1 aromatic rings. The Bertz CT molecular complexity index is 438. The number of hydrogen-bond donors (Lipinski definition) is 2. The molecule has 1 rings (SSSR count). The van der Waals surface area contributed by atoms with E-state index < -0.39 is 5.37 Å². The molecule has 0 radical (unpaired) electrons. The molecule has 0 saturated carbocycles. The van der Waals surface area contributed by atoms with Crippen LogP contribution >= 0.6 is 12.6 Å². The van der Waals surface area contributed by atoms with E-state index in [-0.39, 0.29) is 5.91 Å². The van der Waals surface area contributed by atoms with Crippen molar-refractivity contribution in [2.75, 3.05) is 27.2 Å². The van der Waals surface area contributed by atoms with Gasteiger partial charge in [-0.25, -0.2) is 0 Å². The zero-order valence-corrected chi connectivity index (χ0v) is 14.0. The number of carbonyl (C=O) groups is 1. The first-order chi connectivity index (χ1) is 10.0. The second-order valence-corrected chi connectivity index (χ2v) is 5.71. The van der Waals surface area contributed by atoms with Gasteiger partial charge in [-0.05, 0) is 30.5 Å². The van der Waals surface area contributed by atoms with E-state index in [1.54, 1.807) is 14.1 Å². The molecule has 1 N–H and O–H groups in total. The second-order valence-electron chi connectivity index (χ2n) is 5.19. The SMILES string of the molecule is CCCCOc1cccc(CCNC(S)C(=O)N(C)C)c1. The van der Waals surface area contributed by atoms with Crippen LogP contribution in [0, 0.1) is 0 Å². The zero-order chi connectivity index (χ0) is 15.7. The van der Waals surface area contributed by atoms with Gasteiger partial charge in [0.05, 0.1) is 6.61 Å². The van der Waals surface area contributed by atoms with Crippen LogP contribution in [0.15, 0.2) is 24.3 Å². The average Bonchev–Trinajstić information content (AvgIpc) is 2.47. The summed E-state index contributed by atoms with van der Waals surface area (Å²) < 4.78 is 5.69. The molecule has 0 bridgehead atoms. The van der Waals surface area contributed by atoms with Gasteiger partial charge in [0, 0.05) is 20.6 Å². The van der Waals surface area contributed by atoms with Crippen molar-refractivity contribution in [2.45, 2.75) is 31.6 Å². The van der Waals surface area contributed by atoms with Gasteiger partial charge in [-0.15, -0.1) is 0 Å². The smallest absolute Gasteiger partial charge is 0.249 e. The van der Waals surface area contributed by atoms with E-state index in [2.05, 4.69) is 37.0 Å². The lowest BCUT2D eigenvalue weighted by atomic mass is 10.1. The molecule has 1 aromatic carbocycles. The molecule has 1 amide bonds. The number of nitrogens with zero attached hydrogens (tertiary/aromatic N) is 1. The standard InChI is InChI=1S/C16H26N2O2S/c1-4-5-11-20-14-8-6-7-13(12-14)9-10-17-15(21)16(19)18(2)3/h6-8,12,15,17,21H,4-5,9-11H2,1-3H3. The Labute approximate surface area is 133 Å². The summed E-state index contributed by atoms with van der Waals surface area (Å²) in [5, 5.41) is 2.66. The summed E-state index contributed by atoms with van der Waals surface area (Å²) in [6.45, 7) is 3.61. The van der Waals surface area contributed by atoms with Crippen molar-refractivity contribution in [1.82, 2.24) is 10.2 Å². The van der Waals surface area contributed by atoms with Gasteiger partial charge >= 0.3 is 0 Å². The maximum atomic E-state index is 11.7. The Hall–Kier alpha value is -1.20. The summed E-state index contributed by atoms with van der Waals surface area (Å²) in [5.41, 5.74) is 1.19. The lowest BCUT2D eigenvalue weighted by Crippen LogP contribution is -2.40. The Morgan fingerprint density at radius 3 is 2.86 bits per heavy atom. The molecule has 1 unspecified atom stereocenters. The first kappa shape index (κ1) is 17.9. The van der Waals surface area contributed by atoms with Gasteiger partial charge in [0.1, 0.15) is 11.1 Å². The summed E-state index contributed by atoms with van der Waals surface area (Å²) in [5.74, 6) is 0.878. The molecule has 0 aliphatic rings. The first-order valence-electron chi connectivity index (χ1n) is 7.39. The molecular formula is C16H26N2O2S. The van der Waals surface area contributed by atoms with Crippen molar-refractivity contribution in [2.24, 2.45) is 0 Å². The van der Waals surface area contributed by atoms with E-state index in [4.69, 9.17) is 4.74 Å². The highest BCUT2D eigenvalue weighted by atomic mass is 32.1. The number of unbranched alkanes of at least 4 members (excludes halogenated alkanes) is 1. The summed E-state index contributed by atoms with van der Waals surface area (Å²) in [6, 6.07) is 8.09. The van der Waals surface area contributed by atoms with Gasteiger partial charge in [0.2, 0.25) is 5.91 Å². The van der Waals surface area contributed by atoms with Gasteiger partial charge in [-0.3, -0.25) is 10.1 Å². The highest BCUT2D eigenvalue weighted by Crippen LogP contribution is 2.14. The number of carbonyl (C=O) groups excluding carboxylic acids is 1. The minimum absolute atomic E-state index is 0.0324. The fourth-order valence-electron chi connectivity index (χ4n) is 1.81. The van der Waals surface area contributed by atoms with Crippen molar-refractivity contribution in [3.05, 3.63) is 29.8 Å². The van der Waals surface area contributed by atoms with E-state index in [0.717, 1.165) is 31.6 Å². The van der Waals surface area contributed by atoms with Gasteiger partial charge in [0.15, 0.2) is 0 Å². The quantitative estimate of drug-likeness (QED) is 0.418. The second kappa shape index (κ2) is 9.68. The molecule has 0 aliphatic heterocycles. The Kier molecular flexibility index (Phi) is 8.23. The highest BCUT2D eigenvalue weighted by molar-refractivity contribution is 7.81. The Balaban J connectivity index is 2.38. The largest absolute Gasteiger partial charge is 0.494 e. The van der Waals surface area contributed by atoms with Crippen LogP contribution in [0.5, 0.6) is 5.75 Å². The van der Waals surface area contributed by atoms with Crippen LogP contribution < -0.4 is 10.1 Å². The molecular weight excluding hydrogens is 284 g/mol. The average molecular weight is 310 g/mol. The maximum Gasteiger partial charge on any atom is 0.249 e. The number of thiol groups is 1. The lowest BCUT2D eigenvalue weighted by molar-refractivity contribution is -0.128. The minimum Gasteiger partial charge on any atom is -0.494 e. The number of likely N-dealkylation sites (N-methyl/N-ethyl adjacent to an activating group) is 1. The highest BCUT2D eigenvalue weighted by Gasteiger charge is 2.14. The number of hydrogen-bond acceptors (Lipinski definition) is 4. The van der Waals surface area contributed by atoms with E-state index in [1.165, 1.54) is 10.5 Å². The summed E-state index contributed by atoms with van der Waals surface area (Å²) in [7, 11) is 3.45. The van der Waals surface area contributed by atoms with Crippen LogP contribution in [0.25, 0.3) is 0 Å². The van der Waals surface area contributed by atoms with Crippen molar-refractivity contribution >= 4 is 18.5 Å². The fourth-order valence-corrected chi connectivity index (χ4v) is 2.17. The number of benzene rings is 1. The van der Waals surface area contributed by atoms with Crippen LogP contribution in [-0.2, 0) is 11.2 Å². The van der Waals surface area contributed by atoms with Gasteiger partial charge < -0.3 is 9.64 Å². The summed E-state index contributed by atoms with van der Waals surface area (Å²) in [4.78, 5) is 13.2. The van der Waals surface area contributed by atoms with Crippen molar-refractivity contribution in [3.8, 4) is 5.75 Å². The molecule has 1 atom stereocenters. The third-order valence-electron chi connectivity index (χ3n) is 3.09. The monoisotopic (exact) mass is 310 g/mol. The number of nitrogens with one attached hydrogen (secondary N) is 1. The van der Waals surface area contributed by atoms with Crippen LogP contribution in [0.3, 0.4) is 0 Å². The molecule has 21 heavy (non-hydrogen) atoms. The number of rotatable bonds is 9. The predicted octanol–water partition coefficient (Wildman–Crippen LogP) is 2.34. The molecule has 0 heterocycles. The summed E-state index contributed by atoms with van der Waals surface area (Å²) >= 11 is 4.26. The maximum absolute atomic E-state index is 11.7. The molecule has 0 aliphatic carbocycles. The predicted molar refractivity (Wildman–Crippen MR) is 90.0 cm³/mol. The van der Waals surface area contributed by atoms with Crippen LogP contribution in [-0.4, -0.2) is 43.4 Å². The number of amides is 1. The Morgan fingerprint density at radius 2 is 2.19 bits per heavy atom. The van der Waals surface area contributed by atoms with E-state index in [1.807, 2.05) is 12.1 Å². The molecule has 4 nitrogen and oxygen atoms in total. The Morgan fingerprint density at radius 1 is 1.43 bits per heavy atom. The lowest BCUT2D eigenvalue weighted by Gasteiger charge is -2.17.